The third-order valence-corrected chi connectivity index (χ3v) is 3.44. The Morgan fingerprint density at radius 2 is 2.00 bits per heavy atom. The molecule has 0 heterocycles. The quantitative estimate of drug-likeness (QED) is 0.534. The topological polar surface area (TPSA) is 38.8 Å². The molecule has 0 fully saturated rings. The van der Waals surface area contributed by atoms with Crippen LogP contribution in [0.1, 0.15) is 12.0 Å². The summed E-state index contributed by atoms with van der Waals surface area (Å²) in [4.78, 5) is 15.9. The molecule has 1 unspecified atom stereocenters. The molecular weight excluding hydrogens is 393 g/mol. The standard InChI is InChI=1S/C13H13BrF5NO3/c1-20(22-2)12(21)9(15)5-6-23-11-7(13(17,18)19)3-4-8(14)10(11)16/h3-4,9H,5-6H2,1-2H3. The smallest absolute Gasteiger partial charge is 0.420 e. The van der Waals surface area contributed by atoms with Crippen LogP contribution in [-0.2, 0) is 15.8 Å². The van der Waals surface area contributed by atoms with E-state index < -0.39 is 48.4 Å². The van der Waals surface area contributed by atoms with E-state index in [1.54, 1.807) is 0 Å². The van der Waals surface area contributed by atoms with Gasteiger partial charge in [0.25, 0.3) is 5.91 Å². The van der Waals surface area contributed by atoms with E-state index in [1.165, 1.54) is 7.05 Å². The number of hydrogen-bond acceptors (Lipinski definition) is 3. The zero-order chi connectivity index (χ0) is 17.8. The van der Waals surface area contributed by atoms with Gasteiger partial charge in [0.05, 0.1) is 18.2 Å². The molecule has 0 bridgehead atoms. The Morgan fingerprint density at radius 1 is 1.39 bits per heavy atom. The van der Waals surface area contributed by atoms with Gasteiger partial charge in [0.15, 0.2) is 17.7 Å². The number of rotatable bonds is 6. The molecule has 0 aliphatic heterocycles. The number of ether oxygens (including phenoxy) is 1. The van der Waals surface area contributed by atoms with Crippen LogP contribution >= 0.6 is 15.9 Å². The minimum atomic E-state index is -4.84. The number of carbonyl (C=O) groups excluding carboxylic acids is 1. The third-order valence-electron chi connectivity index (χ3n) is 2.83. The number of hydrogen-bond donors (Lipinski definition) is 0. The first-order valence-corrected chi connectivity index (χ1v) is 7.02. The lowest BCUT2D eigenvalue weighted by Crippen LogP contribution is -2.34. The Hall–Kier alpha value is -1.42. The Balaban J connectivity index is 2.82. The molecule has 10 heteroatoms. The van der Waals surface area contributed by atoms with Crippen molar-refractivity contribution in [3.63, 3.8) is 0 Å². The first-order valence-electron chi connectivity index (χ1n) is 6.23. The van der Waals surface area contributed by atoms with Crippen LogP contribution in [0, 0.1) is 5.82 Å². The zero-order valence-electron chi connectivity index (χ0n) is 12.1. The van der Waals surface area contributed by atoms with Gasteiger partial charge in [-0.1, -0.05) is 0 Å². The molecule has 1 aromatic rings. The van der Waals surface area contributed by atoms with E-state index in [0.717, 1.165) is 13.2 Å². The maximum absolute atomic E-state index is 13.8. The van der Waals surface area contributed by atoms with Gasteiger partial charge in [-0.15, -0.1) is 0 Å². The van der Waals surface area contributed by atoms with Crippen molar-refractivity contribution in [1.29, 1.82) is 0 Å². The van der Waals surface area contributed by atoms with Crippen LogP contribution < -0.4 is 4.74 Å². The highest BCUT2D eigenvalue weighted by Crippen LogP contribution is 2.40. The van der Waals surface area contributed by atoms with Crippen molar-refractivity contribution in [3.05, 3.63) is 28.0 Å². The third kappa shape index (κ3) is 5.03. The van der Waals surface area contributed by atoms with Gasteiger partial charge in [-0.25, -0.2) is 13.8 Å². The van der Waals surface area contributed by atoms with Gasteiger partial charge in [0.2, 0.25) is 0 Å². The van der Waals surface area contributed by atoms with Crippen molar-refractivity contribution in [2.45, 2.75) is 18.8 Å². The fourth-order valence-corrected chi connectivity index (χ4v) is 1.88. The fraction of sp³-hybridized carbons (Fsp3) is 0.462. The molecule has 0 aromatic heterocycles. The SMILES string of the molecule is CON(C)C(=O)C(F)CCOc1c(C(F)(F)F)ccc(Br)c1F. The highest BCUT2D eigenvalue weighted by atomic mass is 79.9. The molecule has 1 aromatic carbocycles. The van der Waals surface area contributed by atoms with Gasteiger partial charge in [-0.2, -0.15) is 13.2 Å². The van der Waals surface area contributed by atoms with Gasteiger partial charge in [-0.3, -0.25) is 9.63 Å². The summed E-state index contributed by atoms with van der Waals surface area (Å²) in [6.45, 7) is -0.624. The minimum absolute atomic E-state index is 0.229. The summed E-state index contributed by atoms with van der Waals surface area (Å²) < 4.78 is 70.3. The van der Waals surface area contributed by atoms with E-state index >= 15 is 0 Å². The summed E-state index contributed by atoms with van der Waals surface area (Å²) in [5, 5.41) is 0.630. The molecular formula is C13H13BrF5NO3. The van der Waals surface area contributed by atoms with Crippen LogP contribution in [0.4, 0.5) is 22.0 Å². The molecule has 0 saturated carbocycles. The Kier molecular flexibility index (Phi) is 6.75. The van der Waals surface area contributed by atoms with E-state index in [2.05, 4.69) is 20.8 Å². The van der Waals surface area contributed by atoms with E-state index in [-0.39, 0.29) is 4.47 Å². The van der Waals surface area contributed by atoms with Crippen molar-refractivity contribution in [1.82, 2.24) is 5.06 Å². The maximum atomic E-state index is 13.8. The molecule has 0 N–H and O–H groups in total. The second-order valence-electron chi connectivity index (χ2n) is 4.36. The van der Waals surface area contributed by atoms with Gasteiger partial charge in [0, 0.05) is 13.5 Å². The van der Waals surface area contributed by atoms with E-state index in [9.17, 15) is 26.7 Å². The van der Waals surface area contributed by atoms with Crippen LogP contribution in [0.25, 0.3) is 0 Å². The van der Waals surface area contributed by atoms with Crippen LogP contribution in [-0.4, -0.2) is 37.9 Å². The molecule has 23 heavy (non-hydrogen) atoms. The fourth-order valence-electron chi connectivity index (χ4n) is 1.57. The van der Waals surface area contributed by atoms with E-state index in [1.807, 2.05) is 0 Å². The van der Waals surface area contributed by atoms with Gasteiger partial charge in [0.1, 0.15) is 5.56 Å². The predicted molar refractivity (Wildman–Crippen MR) is 73.9 cm³/mol. The number of amides is 1. The summed E-state index contributed by atoms with van der Waals surface area (Å²) in [6.07, 6.45) is -7.45. The number of benzene rings is 1. The second kappa shape index (κ2) is 7.91. The summed E-state index contributed by atoms with van der Waals surface area (Å²) in [7, 11) is 2.32. The maximum Gasteiger partial charge on any atom is 0.420 e. The average Bonchev–Trinajstić information content (AvgIpc) is 2.48. The highest BCUT2D eigenvalue weighted by Gasteiger charge is 2.36. The molecule has 130 valence electrons. The molecule has 0 saturated heterocycles. The first kappa shape index (κ1) is 19.6. The molecule has 1 amide bonds. The lowest BCUT2D eigenvalue weighted by Gasteiger charge is -2.18. The van der Waals surface area contributed by atoms with Crippen molar-refractivity contribution >= 4 is 21.8 Å². The van der Waals surface area contributed by atoms with Crippen molar-refractivity contribution in [3.8, 4) is 5.75 Å². The molecule has 0 aliphatic rings. The Labute approximate surface area is 137 Å². The van der Waals surface area contributed by atoms with Crippen LogP contribution in [0.3, 0.4) is 0 Å². The lowest BCUT2D eigenvalue weighted by molar-refractivity contribution is -0.174. The molecule has 4 nitrogen and oxygen atoms in total. The number of alkyl halides is 4. The second-order valence-corrected chi connectivity index (χ2v) is 5.21. The molecule has 1 rings (SSSR count). The summed E-state index contributed by atoms with van der Waals surface area (Å²) >= 11 is 2.75. The van der Waals surface area contributed by atoms with Crippen LogP contribution in [0.5, 0.6) is 5.75 Å². The molecule has 0 aliphatic carbocycles. The van der Waals surface area contributed by atoms with Crippen molar-refractivity contribution in [2.75, 3.05) is 20.8 Å². The summed E-state index contributed by atoms with van der Waals surface area (Å²) in [5.74, 6) is -3.33. The highest BCUT2D eigenvalue weighted by molar-refractivity contribution is 9.10. The van der Waals surface area contributed by atoms with Gasteiger partial charge in [-0.05, 0) is 28.1 Å². The van der Waals surface area contributed by atoms with Crippen molar-refractivity contribution < 1.29 is 36.3 Å². The van der Waals surface area contributed by atoms with E-state index in [0.29, 0.717) is 11.1 Å². The van der Waals surface area contributed by atoms with Crippen molar-refractivity contribution in [2.24, 2.45) is 0 Å². The number of carbonyl (C=O) groups is 1. The number of nitrogens with zero attached hydrogens (tertiary/aromatic N) is 1. The number of hydroxylamine groups is 2. The number of halogens is 6. The largest absolute Gasteiger partial charge is 0.490 e. The summed E-state index contributed by atoms with van der Waals surface area (Å²) in [6, 6.07) is 1.53. The molecule has 0 radical (unpaired) electrons. The van der Waals surface area contributed by atoms with Crippen LogP contribution in [0.2, 0.25) is 0 Å². The Bertz CT molecular complexity index is 567. The van der Waals surface area contributed by atoms with Gasteiger partial charge >= 0.3 is 6.18 Å². The van der Waals surface area contributed by atoms with Crippen LogP contribution in [0.15, 0.2) is 16.6 Å². The normalized spacial score (nSPS) is 12.9. The predicted octanol–water partition coefficient (Wildman–Crippen LogP) is 3.73. The molecule has 1 atom stereocenters. The van der Waals surface area contributed by atoms with E-state index in [4.69, 9.17) is 4.74 Å². The summed E-state index contributed by atoms with van der Waals surface area (Å²) in [5.41, 5.74) is -1.33. The minimum Gasteiger partial charge on any atom is -0.490 e. The monoisotopic (exact) mass is 405 g/mol. The Morgan fingerprint density at radius 3 is 2.52 bits per heavy atom. The average molecular weight is 406 g/mol. The lowest BCUT2D eigenvalue weighted by atomic mass is 10.2. The first-order chi connectivity index (χ1) is 10.6. The molecule has 0 spiro atoms. The van der Waals surface area contributed by atoms with Gasteiger partial charge < -0.3 is 4.74 Å². The zero-order valence-corrected chi connectivity index (χ0v) is 13.7.